The Hall–Kier alpha value is -1.57. The Morgan fingerprint density at radius 1 is 1.35 bits per heavy atom. The fourth-order valence-electron chi connectivity index (χ4n) is 1.64. The van der Waals surface area contributed by atoms with Crippen molar-refractivity contribution >= 4 is 27.3 Å². The lowest BCUT2D eigenvalue weighted by atomic mass is 10.3. The molecule has 0 saturated carbocycles. The van der Waals surface area contributed by atoms with Crippen LogP contribution in [0.2, 0.25) is 5.02 Å². The Labute approximate surface area is 121 Å². The molecule has 5 nitrogen and oxygen atoms in total. The van der Waals surface area contributed by atoms with Crippen LogP contribution in [0.5, 0.6) is 0 Å². The first-order valence-corrected chi connectivity index (χ1v) is 7.58. The number of nitrogens with one attached hydrogen (secondary N) is 3. The van der Waals surface area contributed by atoms with Crippen LogP contribution in [-0.4, -0.2) is 20.4 Å². The van der Waals surface area contributed by atoms with E-state index in [1.165, 1.54) is 24.4 Å². The molecule has 20 heavy (non-hydrogen) atoms. The zero-order valence-electron chi connectivity index (χ0n) is 10.6. The SMILES string of the molecule is CNCc1cc(S(=O)(=O)Nc2ccc(Cl)c(F)c2)c[nH]1. The predicted molar refractivity (Wildman–Crippen MR) is 75.8 cm³/mol. The molecule has 0 aliphatic carbocycles. The van der Waals surface area contributed by atoms with Gasteiger partial charge in [0.1, 0.15) is 10.7 Å². The van der Waals surface area contributed by atoms with E-state index in [0.29, 0.717) is 6.54 Å². The van der Waals surface area contributed by atoms with Crippen LogP contribution in [0, 0.1) is 5.82 Å². The van der Waals surface area contributed by atoms with E-state index < -0.39 is 15.8 Å². The molecule has 0 radical (unpaired) electrons. The monoisotopic (exact) mass is 317 g/mol. The number of anilines is 1. The maximum Gasteiger partial charge on any atom is 0.263 e. The molecule has 0 unspecified atom stereocenters. The highest BCUT2D eigenvalue weighted by atomic mass is 35.5. The average Bonchev–Trinajstić information content (AvgIpc) is 2.83. The second kappa shape index (κ2) is 5.82. The number of halogens is 2. The van der Waals surface area contributed by atoms with Gasteiger partial charge in [-0.15, -0.1) is 0 Å². The van der Waals surface area contributed by atoms with E-state index in [0.717, 1.165) is 11.8 Å². The van der Waals surface area contributed by atoms with Crippen molar-refractivity contribution in [1.29, 1.82) is 0 Å². The summed E-state index contributed by atoms with van der Waals surface area (Å²) in [5.41, 5.74) is 0.846. The van der Waals surface area contributed by atoms with Crippen LogP contribution in [0.1, 0.15) is 5.69 Å². The number of benzene rings is 1. The minimum Gasteiger partial charge on any atom is -0.363 e. The first-order chi connectivity index (χ1) is 9.42. The van der Waals surface area contributed by atoms with Crippen molar-refractivity contribution in [2.24, 2.45) is 0 Å². The molecule has 2 aromatic rings. The number of hydrogen-bond acceptors (Lipinski definition) is 3. The Bertz CT molecular complexity index is 715. The van der Waals surface area contributed by atoms with E-state index in [1.54, 1.807) is 7.05 Å². The van der Waals surface area contributed by atoms with Crippen molar-refractivity contribution in [3.05, 3.63) is 47.0 Å². The highest BCUT2D eigenvalue weighted by Crippen LogP contribution is 2.21. The summed E-state index contributed by atoms with van der Waals surface area (Å²) in [6, 6.07) is 5.22. The normalized spacial score (nSPS) is 11.6. The molecule has 1 aromatic heterocycles. The lowest BCUT2D eigenvalue weighted by Gasteiger charge is -2.06. The molecule has 0 amide bonds. The lowest BCUT2D eigenvalue weighted by molar-refractivity contribution is 0.601. The summed E-state index contributed by atoms with van der Waals surface area (Å²) in [4.78, 5) is 2.92. The van der Waals surface area contributed by atoms with E-state index in [4.69, 9.17) is 11.6 Å². The fraction of sp³-hybridized carbons (Fsp3) is 0.167. The lowest BCUT2D eigenvalue weighted by Crippen LogP contribution is -2.12. The summed E-state index contributed by atoms with van der Waals surface area (Å²) >= 11 is 5.54. The number of hydrogen-bond donors (Lipinski definition) is 3. The van der Waals surface area contributed by atoms with Gasteiger partial charge < -0.3 is 10.3 Å². The van der Waals surface area contributed by atoms with Gasteiger partial charge in [0.2, 0.25) is 0 Å². The zero-order valence-corrected chi connectivity index (χ0v) is 12.1. The summed E-state index contributed by atoms with van der Waals surface area (Å²) in [6.45, 7) is 0.519. The number of aromatic nitrogens is 1. The van der Waals surface area contributed by atoms with Crippen molar-refractivity contribution in [2.75, 3.05) is 11.8 Å². The van der Waals surface area contributed by atoms with Crippen molar-refractivity contribution in [1.82, 2.24) is 10.3 Å². The fourth-order valence-corrected chi connectivity index (χ4v) is 2.82. The molecule has 0 spiro atoms. The van der Waals surface area contributed by atoms with Crippen LogP contribution >= 0.6 is 11.6 Å². The molecule has 0 bridgehead atoms. The van der Waals surface area contributed by atoms with E-state index in [2.05, 4.69) is 15.0 Å². The molecule has 0 atom stereocenters. The van der Waals surface area contributed by atoms with E-state index in [-0.39, 0.29) is 15.6 Å². The molecule has 3 N–H and O–H groups in total. The zero-order chi connectivity index (χ0) is 14.8. The van der Waals surface area contributed by atoms with Crippen LogP contribution in [0.4, 0.5) is 10.1 Å². The van der Waals surface area contributed by atoms with E-state index >= 15 is 0 Å². The molecule has 0 saturated heterocycles. The third-order valence-corrected chi connectivity index (χ3v) is 4.23. The molecule has 1 heterocycles. The third-order valence-electron chi connectivity index (χ3n) is 2.57. The number of H-pyrrole nitrogens is 1. The number of rotatable bonds is 5. The molecule has 108 valence electrons. The van der Waals surface area contributed by atoms with Crippen LogP contribution in [0.3, 0.4) is 0 Å². The summed E-state index contributed by atoms with van der Waals surface area (Å²) in [5, 5.41) is 2.84. The van der Waals surface area contributed by atoms with Gasteiger partial charge in [-0.3, -0.25) is 4.72 Å². The van der Waals surface area contributed by atoms with Gasteiger partial charge >= 0.3 is 0 Å². The predicted octanol–water partition coefficient (Wildman–Crippen LogP) is 2.33. The van der Waals surface area contributed by atoms with Crippen LogP contribution in [0.25, 0.3) is 0 Å². The molecule has 2 rings (SSSR count). The topological polar surface area (TPSA) is 74.0 Å². The summed E-state index contributed by atoms with van der Waals surface area (Å²) < 4.78 is 39.8. The van der Waals surface area contributed by atoms with E-state index in [9.17, 15) is 12.8 Å². The highest BCUT2D eigenvalue weighted by Gasteiger charge is 2.16. The summed E-state index contributed by atoms with van der Waals surface area (Å²) in [7, 11) is -2.01. The van der Waals surface area contributed by atoms with Gasteiger partial charge in [0, 0.05) is 18.4 Å². The maximum absolute atomic E-state index is 13.3. The van der Waals surface area contributed by atoms with Gasteiger partial charge in [0.15, 0.2) is 0 Å². The molecule has 0 aliphatic rings. The molecular weight excluding hydrogens is 305 g/mol. The Morgan fingerprint density at radius 2 is 2.10 bits per heavy atom. The Balaban J connectivity index is 2.23. The van der Waals surface area contributed by atoms with Gasteiger partial charge in [-0.1, -0.05) is 11.6 Å². The first kappa shape index (κ1) is 14.8. The summed E-state index contributed by atoms with van der Waals surface area (Å²) in [5.74, 6) is -0.684. The van der Waals surface area contributed by atoms with E-state index in [1.807, 2.05) is 0 Å². The number of sulfonamides is 1. The average molecular weight is 318 g/mol. The first-order valence-electron chi connectivity index (χ1n) is 5.72. The van der Waals surface area contributed by atoms with Gasteiger partial charge in [0.25, 0.3) is 10.0 Å². The quantitative estimate of drug-likeness (QED) is 0.792. The Kier molecular flexibility index (Phi) is 4.32. The minimum absolute atomic E-state index is 0.0640. The Morgan fingerprint density at radius 3 is 2.75 bits per heavy atom. The number of aromatic amines is 1. The van der Waals surface area contributed by atoms with Crippen molar-refractivity contribution in [3.8, 4) is 0 Å². The molecular formula is C12H13ClFN3O2S. The van der Waals surface area contributed by atoms with Gasteiger partial charge in [-0.05, 0) is 31.3 Å². The molecule has 8 heteroatoms. The smallest absolute Gasteiger partial charge is 0.263 e. The van der Waals surface area contributed by atoms with Gasteiger partial charge in [-0.2, -0.15) is 0 Å². The summed E-state index contributed by atoms with van der Waals surface area (Å²) in [6.07, 6.45) is 1.38. The molecule has 1 aromatic carbocycles. The molecule has 0 fully saturated rings. The van der Waals surface area contributed by atoms with Crippen LogP contribution in [-0.2, 0) is 16.6 Å². The van der Waals surface area contributed by atoms with Gasteiger partial charge in [0.05, 0.1) is 10.7 Å². The van der Waals surface area contributed by atoms with Crippen molar-refractivity contribution in [3.63, 3.8) is 0 Å². The van der Waals surface area contributed by atoms with Crippen LogP contribution in [0.15, 0.2) is 35.4 Å². The minimum atomic E-state index is -3.76. The van der Waals surface area contributed by atoms with Gasteiger partial charge in [-0.25, -0.2) is 12.8 Å². The van der Waals surface area contributed by atoms with Crippen LogP contribution < -0.4 is 10.0 Å². The largest absolute Gasteiger partial charge is 0.363 e. The van der Waals surface area contributed by atoms with Crippen molar-refractivity contribution in [2.45, 2.75) is 11.4 Å². The maximum atomic E-state index is 13.3. The second-order valence-corrected chi connectivity index (χ2v) is 6.21. The second-order valence-electron chi connectivity index (χ2n) is 4.13. The highest BCUT2D eigenvalue weighted by molar-refractivity contribution is 7.92. The molecule has 0 aliphatic heterocycles. The standard InChI is InChI=1S/C12H13ClFN3O2S/c1-15-6-9-4-10(7-16-9)20(18,19)17-8-2-3-11(13)12(14)5-8/h2-5,7,15-17H,6H2,1H3. The van der Waals surface area contributed by atoms with Crippen molar-refractivity contribution < 1.29 is 12.8 Å². The third kappa shape index (κ3) is 3.30.